The minimum absolute atomic E-state index is 0.173. The van der Waals surface area contributed by atoms with Gasteiger partial charge in [-0.2, -0.15) is 0 Å². The first kappa shape index (κ1) is 19.8. The Kier molecular flexibility index (Phi) is 5.81. The summed E-state index contributed by atoms with van der Waals surface area (Å²) in [6, 6.07) is 7.43. The predicted octanol–water partition coefficient (Wildman–Crippen LogP) is 4.06. The summed E-state index contributed by atoms with van der Waals surface area (Å²) in [6.45, 7) is 8.71. The highest BCUT2D eigenvalue weighted by atomic mass is 35.5. The number of thiophene rings is 1. The van der Waals surface area contributed by atoms with E-state index < -0.39 is 5.60 Å². The summed E-state index contributed by atoms with van der Waals surface area (Å²) < 4.78 is 0. The molecule has 142 valence electrons. The molecule has 0 aliphatic carbocycles. The van der Waals surface area contributed by atoms with E-state index in [4.69, 9.17) is 11.6 Å². The molecule has 0 bridgehead atoms. The maximum absolute atomic E-state index is 12.8. The van der Waals surface area contributed by atoms with Gasteiger partial charge in [-0.3, -0.25) is 9.69 Å². The summed E-state index contributed by atoms with van der Waals surface area (Å²) in [5, 5.41) is 13.2. The minimum atomic E-state index is -0.851. The molecule has 0 amide bonds. The first-order chi connectivity index (χ1) is 12.8. The minimum Gasteiger partial charge on any atom is -0.389 e. The fraction of sp³-hybridized carbons (Fsp3) is 0.300. The van der Waals surface area contributed by atoms with Crippen molar-refractivity contribution < 1.29 is 5.11 Å². The van der Waals surface area contributed by atoms with Gasteiger partial charge in [0.15, 0.2) is 0 Å². The normalized spacial score (nSPS) is 12.0. The van der Waals surface area contributed by atoms with Crippen molar-refractivity contribution >= 4 is 33.2 Å². The van der Waals surface area contributed by atoms with Gasteiger partial charge in [0.2, 0.25) is 0 Å². The third kappa shape index (κ3) is 4.84. The van der Waals surface area contributed by atoms with Gasteiger partial charge in [0.1, 0.15) is 10.7 Å². The van der Waals surface area contributed by atoms with E-state index in [-0.39, 0.29) is 5.56 Å². The van der Waals surface area contributed by atoms with E-state index >= 15 is 0 Å². The number of rotatable bonds is 7. The lowest BCUT2D eigenvalue weighted by Gasteiger charge is -2.27. The number of benzene rings is 1. The molecule has 0 aliphatic rings. The standard InChI is InChI=1S/C20H22ClN3O2S/c1-4-8-24(12-20(2,3)26)10-16-22-18(25)17-15(11-27-19(17)23-16)13-6-5-7-14(21)9-13/h4-7,9,11,26H,1,8,10,12H2,2-3H3,(H,22,23,25). The Morgan fingerprint density at radius 2 is 2.22 bits per heavy atom. The number of aliphatic hydroxyl groups is 1. The lowest BCUT2D eigenvalue weighted by molar-refractivity contribution is 0.0368. The van der Waals surface area contributed by atoms with E-state index in [9.17, 15) is 9.90 Å². The number of nitrogens with zero attached hydrogens (tertiary/aromatic N) is 2. The molecule has 5 nitrogen and oxygen atoms in total. The summed E-state index contributed by atoms with van der Waals surface area (Å²) in [5.74, 6) is 0.568. The Morgan fingerprint density at radius 3 is 2.89 bits per heavy atom. The first-order valence-electron chi connectivity index (χ1n) is 8.59. The summed E-state index contributed by atoms with van der Waals surface area (Å²) >= 11 is 7.52. The van der Waals surface area contributed by atoms with Gasteiger partial charge in [0.25, 0.3) is 5.56 Å². The molecule has 7 heteroatoms. The van der Waals surface area contributed by atoms with Crippen LogP contribution in [0.25, 0.3) is 21.3 Å². The van der Waals surface area contributed by atoms with E-state index in [2.05, 4.69) is 16.5 Å². The second kappa shape index (κ2) is 7.94. The quantitative estimate of drug-likeness (QED) is 0.583. The molecule has 0 radical (unpaired) electrons. The first-order valence-corrected chi connectivity index (χ1v) is 9.84. The second-order valence-corrected chi connectivity index (χ2v) is 8.42. The van der Waals surface area contributed by atoms with Crippen LogP contribution in [0, 0.1) is 0 Å². The molecule has 27 heavy (non-hydrogen) atoms. The predicted molar refractivity (Wildman–Crippen MR) is 112 cm³/mol. The molecule has 2 N–H and O–H groups in total. The molecular weight excluding hydrogens is 382 g/mol. The van der Waals surface area contributed by atoms with Crippen molar-refractivity contribution in [1.29, 1.82) is 0 Å². The zero-order valence-electron chi connectivity index (χ0n) is 15.3. The monoisotopic (exact) mass is 403 g/mol. The maximum Gasteiger partial charge on any atom is 0.260 e. The van der Waals surface area contributed by atoms with Crippen LogP contribution in [0.2, 0.25) is 5.02 Å². The average molecular weight is 404 g/mol. The van der Waals surface area contributed by atoms with Crippen LogP contribution in [0.4, 0.5) is 0 Å². The molecule has 0 aliphatic heterocycles. The number of fused-ring (bicyclic) bond motifs is 1. The lowest BCUT2D eigenvalue weighted by Crippen LogP contribution is -2.39. The molecule has 0 atom stereocenters. The van der Waals surface area contributed by atoms with Gasteiger partial charge >= 0.3 is 0 Å². The van der Waals surface area contributed by atoms with Gasteiger partial charge in [-0.05, 0) is 31.5 Å². The van der Waals surface area contributed by atoms with Gasteiger partial charge in [-0.25, -0.2) is 4.98 Å². The Morgan fingerprint density at radius 1 is 1.44 bits per heavy atom. The van der Waals surface area contributed by atoms with E-state index in [1.165, 1.54) is 11.3 Å². The largest absolute Gasteiger partial charge is 0.389 e. The van der Waals surface area contributed by atoms with E-state index in [0.29, 0.717) is 40.7 Å². The Balaban J connectivity index is 1.96. The van der Waals surface area contributed by atoms with Crippen molar-refractivity contribution in [3.8, 4) is 11.1 Å². The zero-order valence-corrected chi connectivity index (χ0v) is 16.9. The highest BCUT2D eigenvalue weighted by Gasteiger charge is 2.19. The van der Waals surface area contributed by atoms with Gasteiger partial charge in [-0.1, -0.05) is 29.8 Å². The molecular formula is C20H22ClN3O2S. The fourth-order valence-corrected chi connectivity index (χ4v) is 4.22. The van der Waals surface area contributed by atoms with Crippen molar-refractivity contribution in [1.82, 2.24) is 14.9 Å². The van der Waals surface area contributed by atoms with Crippen LogP contribution in [0.5, 0.6) is 0 Å². The molecule has 2 heterocycles. The third-order valence-corrected chi connectivity index (χ3v) is 5.11. The Labute approximate surface area is 166 Å². The van der Waals surface area contributed by atoms with Crippen LogP contribution in [-0.2, 0) is 6.54 Å². The molecule has 3 aromatic rings. The topological polar surface area (TPSA) is 69.2 Å². The van der Waals surface area contributed by atoms with Crippen molar-refractivity contribution in [3.05, 3.63) is 63.5 Å². The summed E-state index contributed by atoms with van der Waals surface area (Å²) in [6.07, 6.45) is 1.77. The number of hydrogen-bond acceptors (Lipinski definition) is 5. The smallest absolute Gasteiger partial charge is 0.260 e. The van der Waals surface area contributed by atoms with E-state index in [1.807, 2.05) is 28.5 Å². The second-order valence-electron chi connectivity index (χ2n) is 7.12. The highest BCUT2D eigenvalue weighted by molar-refractivity contribution is 7.17. The van der Waals surface area contributed by atoms with Crippen LogP contribution in [0.3, 0.4) is 0 Å². The molecule has 2 aromatic heterocycles. The summed E-state index contributed by atoms with van der Waals surface area (Å²) in [5.41, 5.74) is 0.699. The van der Waals surface area contributed by atoms with Crippen LogP contribution in [0.15, 0.2) is 47.1 Å². The average Bonchev–Trinajstić information content (AvgIpc) is 2.98. The number of nitrogens with one attached hydrogen (secondary N) is 1. The van der Waals surface area contributed by atoms with Crippen molar-refractivity contribution in [3.63, 3.8) is 0 Å². The third-order valence-electron chi connectivity index (χ3n) is 4.00. The van der Waals surface area contributed by atoms with Crippen molar-refractivity contribution in [2.45, 2.75) is 26.0 Å². The summed E-state index contributed by atoms with van der Waals surface area (Å²) in [4.78, 5) is 22.9. The molecule has 3 rings (SSSR count). The van der Waals surface area contributed by atoms with E-state index in [1.54, 1.807) is 26.0 Å². The fourth-order valence-electron chi connectivity index (χ4n) is 3.06. The Bertz CT molecular complexity index is 1020. The van der Waals surface area contributed by atoms with Crippen LogP contribution in [-0.4, -0.2) is 38.7 Å². The summed E-state index contributed by atoms with van der Waals surface area (Å²) in [7, 11) is 0. The Hall–Kier alpha value is -1.99. The molecule has 1 aromatic carbocycles. The molecule has 0 spiro atoms. The lowest BCUT2D eigenvalue weighted by atomic mass is 10.1. The highest BCUT2D eigenvalue weighted by Crippen LogP contribution is 2.32. The van der Waals surface area contributed by atoms with Crippen molar-refractivity contribution in [2.75, 3.05) is 13.1 Å². The van der Waals surface area contributed by atoms with Gasteiger partial charge in [0, 0.05) is 29.1 Å². The molecule has 0 saturated heterocycles. The number of aromatic amines is 1. The molecule has 0 fully saturated rings. The van der Waals surface area contributed by atoms with Gasteiger partial charge in [0.05, 0.1) is 17.5 Å². The van der Waals surface area contributed by atoms with Crippen LogP contribution >= 0.6 is 22.9 Å². The number of halogens is 1. The SMILES string of the molecule is C=CCN(Cc1nc2scc(-c3cccc(Cl)c3)c2c(=O)[nH]1)CC(C)(C)O. The van der Waals surface area contributed by atoms with Gasteiger partial charge < -0.3 is 10.1 Å². The van der Waals surface area contributed by atoms with Crippen LogP contribution in [0.1, 0.15) is 19.7 Å². The molecule has 0 saturated carbocycles. The number of hydrogen-bond donors (Lipinski definition) is 2. The zero-order chi connectivity index (χ0) is 19.6. The number of H-pyrrole nitrogens is 1. The number of aromatic nitrogens is 2. The van der Waals surface area contributed by atoms with E-state index in [0.717, 1.165) is 11.1 Å². The van der Waals surface area contributed by atoms with Gasteiger partial charge in [-0.15, -0.1) is 17.9 Å². The van der Waals surface area contributed by atoms with Crippen LogP contribution < -0.4 is 5.56 Å². The molecule has 0 unspecified atom stereocenters. The maximum atomic E-state index is 12.8. The van der Waals surface area contributed by atoms with Crippen molar-refractivity contribution in [2.24, 2.45) is 0 Å².